The van der Waals surface area contributed by atoms with Crippen LogP contribution in [0.5, 0.6) is 11.5 Å². The fourth-order valence-corrected chi connectivity index (χ4v) is 3.31. The highest BCUT2D eigenvalue weighted by atomic mass is 16.5. The van der Waals surface area contributed by atoms with Crippen LogP contribution in [0.25, 0.3) is 28.7 Å². The van der Waals surface area contributed by atoms with E-state index in [9.17, 15) is 9.90 Å². The Balaban J connectivity index is 1.95. The van der Waals surface area contributed by atoms with Gasteiger partial charge in [0.1, 0.15) is 5.82 Å². The van der Waals surface area contributed by atoms with Crippen LogP contribution in [-0.4, -0.2) is 21.8 Å². The molecule has 5 nitrogen and oxygen atoms in total. The molecule has 5 heteroatoms. The number of methoxy groups -OCH3 is 1. The van der Waals surface area contributed by atoms with Crippen LogP contribution in [0, 0.1) is 6.92 Å². The van der Waals surface area contributed by atoms with E-state index >= 15 is 0 Å². The highest BCUT2D eigenvalue weighted by Gasteiger charge is 2.13. The standard InChI is InChI=1S/C24H20N2O3/c1-16-8-3-6-12-20(16)26-22(25-19-11-5-4-10-18(19)24(26)28)15-14-17-9-7-13-21(29-2)23(17)27/h3-15,27H,1-2H3. The summed E-state index contributed by atoms with van der Waals surface area (Å²) < 4.78 is 6.77. The van der Waals surface area contributed by atoms with E-state index in [0.29, 0.717) is 28.0 Å². The van der Waals surface area contributed by atoms with Crippen LogP contribution >= 0.6 is 0 Å². The number of phenols is 1. The van der Waals surface area contributed by atoms with Gasteiger partial charge in [-0.3, -0.25) is 9.36 Å². The predicted octanol–water partition coefficient (Wildman–Crippen LogP) is 4.58. The zero-order chi connectivity index (χ0) is 20.4. The molecule has 0 fully saturated rings. The maximum absolute atomic E-state index is 13.3. The molecule has 0 aliphatic rings. The molecule has 0 atom stereocenters. The van der Waals surface area contributed by atoms with Crippen molar-refractivity contribution in [3.8, 4) is 17.2 Å². The molecule has 0 saturated heterocycles. The molecule has 0 unspecified atom stereocenters. The highest BCUT2D eigenvalue weighted by molar-refractivity contribution is 5.80. The Morgan fingerprint density at radius 3 is 2.52 bits per heavy atom. The maximum atomic E-state index is 13.3. The lowest BCUT2D eigenvalue weighted by molar-refractivity contribution is 0.373. The van der Waals surface area contributed by atoms with Gasteiger partial charge in [0.25, 0.3) is 5.56 Å². The number of rotatable bonds is 4. The molecule has 0 amide bonds. The van der Waals surface area contributed by atoms with E-state index in [1.807, 2.05) is 49.4 Å². The van der Waals surface area contributed by atoms with E-state index in [4.69, 9.17) is 9.72 Å². The van der Waals surface area contributed by atoms with Crippen molar-refractivity contribution in [3.05, 3.63) is 94.0 Å². The molecular formula is C24H20N2O3. The topological polar surface area (TPSA) is 64.3 Å². The SMILES string of the molecule is COc1cccc(C=Cc2nc3ccccc3c(=O)n2-c2ccccc2C)c1O. The normalized spacial score (nSPS) is 11.2. The molecule has 0 radical (unpaired) electrons. The first-order valence-corrected chi connectivity index (χ1v) is 9.22. The summed E-state index contributed by atoms with van der Waals surface area (Å²) in [5, 5.41) is 10.9. The molecule has 1 N–H and O–H groups in total. The van der Waals surface area contributed by atoms with Gasteiger partial charge < -0.3 is 9.84 Å². The van der Waals surface area contributed by atoms with Crippen LogP contribution < -0.4 is 10.3 Å². The lowest BCUT2D eigenvalue weighted by atomic mass is 10.1. The van der Waals surface area contributed by atoms with E-state index in [0.717, 1.165) is 11.3 Å². The molecule has 29 heavy (non-hydrogen) atoms. The number of phenolic OH excluding ortho intramolecular Hbond substituents is 1. The Morgan fingerprint density at radius 2 is 1.72 bits per heavy atom. The van der Waals surface area contributed by atoms with Crippen molar-refractivity contribution in [1.29, 1.82) is 0 Å². The average molecular weight is 384 g/mol. The van der Waals surface area contributed by atoms with E-state index in [2.05, 4.69) is 0 Å². The van der Waals surface area contributed by atoms with Gasteiger partial charge in [-0.2, -0.15) is 0 Å². The molecule has 0 bridgehead atoms. The number of ether oxygens (including phenoxy) is 1. The van der Waals surface area contributed by atoms with Gasteiger partial charge in [0.2, 0.25) is 0 Å². The van der Waals surface area contributed by atoms with Crippen molar-refractivity contribution in [3.63, 3.8) is 0 Å². The molecule has 3 aromatic carbocycles. The van der Waals surface area contributed by atoms with Gasteiger partial charge in [-0.1, -0.05) is 42.5 Å². The van der Waals surface area contributed by atoms with Crippen molar-refractivity contribution in [2.24, 2.45) is 0 Å². The third-order valence-electron chi connectivity index (χ3n) is 4.82. The number of hydrogen-bond donors (Lipinski definition) is 1. The fraction of sp³-hybridized carbons (Fsp3) is 0.0833. The van der Waals surface area contributed by atoms with Gasteiger partial charge >= 0.3 is 0 Å². The van der Waals surface area contributed by atoms with Crippen molar-refractivity contribution < 1.29 is 9.84 Å². The number of aromatic hydroxyl groups is 1. The number of hydrogen-bond acceptors (Lipinski definition) is 4. The van der Waals surface area contributed by atoms with Crippen molar-refractivity contribution in [2.75, 3.05) is 7.11 Å². The number of benzene rings is 3. The fourth-order valence-electron chi connectivity index (χ4n) is 3.31. The van der Waals surface area contributed by atoms with Gasteiger partial charge in [-0.15, -0.1) is 0 Å². The predicted molar refractivity (Wildman–Crippen MR) is 116 cm³/mol. The van der Waals surface area contributed by atoms with Gasteiger partial charge in [0.15, 0.2) is 11.5 Å². The maximum Gasteiger partial charge on any atom is 0.266 e. The first-order valence-electron chi connectivity index (χ1n) is 9.22. The number of nitrogens with zero attached hydrogens (tertiary/aromatic N) is 2. The van der Waals surface area contributed by atoms with E-state index in [1.54, 1.807) is 41.0 Å². The van der Waals surface area contributed by atoms with Crippen LogP contribution in [0.3, 0.4) is 0 Å². The Morgan fingerprint density at radius 1 is 0.966 bits per heavy atom. The number of fused-ring (bicyclic) bond motifs is 1. The smallest absolute Gasteiger partial charge is 0.266 e. The Bertz CT molecular complexity index is 1290. The minimum Gasteiger partial charge on any atom is -0.504 e. The van der Waals surface area contributed by atoms with E-state index < -0.39 is 0 Å². The Labute approximate surface area is 168 Å². The zero-order valence-corrected chi connectivity index (χ0v) is 16.2. The summed E-state index contributed by atoms with van der Waals surface area (Å²) in [6.45, 7) is 1.96. The first kappa shape index (κ1) is 18.5. The lowest BCUT2D eigenvalue weighted by Gasteiger charge is -2.13. The second-order valence-corrected chi connectivity index (χ2v) is 6.65. The van der Waals surface area contributed by atoms with Crippen molar-refractivity contribution in [1.82, 2.24) is 9.55 Å². The first-order chi connectivity index (χ1) is 14.1. The van der Waals surface area contributed by atoms with Crippen LogP contribution in [0.1, 0.15) is 17.0 Å². The lowest BCUT2D eigenvalue weighted by Crippen LogP contribution is -2.23. The molecule has 1 heterocycles. The van der Waals surface area contributed by atoms with Gasteiger partial charge in [-0.25, -0.2) is 4.98 Å². The number of aryl methyl sites for hydroxylation is 1. The van der Waals surface area contributed by atoms with Gasteiger partial charge in [0.05, 0.1) is 23.7 Å². The van der Waals surface area contributed by atoms with Crippen LogP contribution in [0.2, 0.25) is 0 Å². The monoisotopic (exact) mass is 384 g/mol. The summed E-state index contributed by atoms with van der Waals surface area (Å²) in [6, 6.07) is 20.2. The largest absolute Gasteiger partial charge is 0.504 e. The van der Waals surface area contributed by atoms with Crippen LogP contribution in [0.15, 0.2) is 71.5 Å². The minimum atomic E-state index is -0.139. The molecule has 0 aliphatic carbocycles. The summed E-state index contributed by atoms with van der Waals surface area (Å²) in [6.07, 6.45) is 3.46. The van der Waals surface area contributed by atoms with Crippen LogP contribution in [-0.2, 0) is 0 Å². The average Bonchev–Trinajstić information content (AvgIpc) is 2.74. The quantitative estimate of drug-likeness (QED) is 0.559. The molecule has 144 valence electrons. The van der Waals surface area contributed by atoms with Crippen molar-refractivity contribution >= 4 is 23.1 Å². The summed E-state index contributed by atoms with van der Waals surface area (Å²) >= 11 is 0. The summed E-state index contributed by atoms with van der Waals surface area (Å²) in [7, 11) is 1.50. The molecule has 4 rings (SSSR count). The minimum absolute atomic E-state index is 0.0387. The molecule has 0 spiro atoms. The summed E-state index contributed by atoms with van der Waals surface area (Å²) in [5.74, 6) is 0.900. The molecular weight excluding hydrogens is 364 g/mol. The third kappa shape index (κ3) is 3.38. The second kappa shape index (κ2) is 7.64. The van der Waals surface area contributed by atoms with E-state index in [1.165, 1.54) is 7.11 Å². The van der Waals surface area contributed by atoms with Crippen molar-refractivity contribution in [2.45, 2.75) is 6.92 Å². The Hall–Kier alpha value is -3.86. The number of para-hydroxylation sites is 3. The highest BCUT2D eigenvalue weighted by Crippen LogP contribution is 2.30. The molecule has 4 aromatic rings. The molecule has 0 saturated carbocycles. The zero-order valence-electron chi connectivity index (χ0n) is 16.2. The molecule has 1 aromatic heterocycles. The van der Waals surface area contributed by atoms with E-state index in [-0.39, 0.29) is 11.3 Å². The second-order valence-electron chi connectivity index (χ2n) is 6.65. The van der Waals surface area contributed by atoms with Gasteiger partial charge in [-0.05, 0) is 48.9 Å². The van der Waals surface area contributed by atoms with Crippen LogP contribution in [0.4, 0.5) is 0 Å². The summed E-state index contributed by atoms with van der Waals surface area (Å²) in [5.41, 5.74) is 2.79. The van der Waals surface area contributed by atoms with Gasteiger partial charge in [0, 0.05) is 5.56 Å². The number of aromatic nitrogens is 2. The Kier molecular flexibility index (Phi) is 4.87. The third-order valence-corrected chi connectivity index (χ3v) is 4.82. The molecule has 0 aliphatic heterocycles. The summed E-state index contributed by atoms with van der Waals surface area (Å²) in [4.78, 5) is 18.0.